The Morgan fingerprint density at radius 3 is 2.35 bits per heavy atom. The summed E-state index contributed by atoms with van der Waals surface area (Å²) in [5.74, 6) is -0.0652. The second-order valence-corrected chi connectivity index (χ2v) is 8.96. The van der Waals surface area contributed by atoms with Crippen molar-refractivity contribution >= 4 is 40.9 Å². The molecule has 4 rings (SSSR count). The van der Waals surface area contributed by atoms with Gasteiger partial charge in [-0.15, -0.1) is 11.8 Å². The van der Waals surface area contributed by atoms with Crippen molar-refractivity contribution in [3.63, 3.8) is 0 Å². The summed E-state index contributed by atoms with van der Waals surface area (Å²) in [6.45, 7) is 3.36. The molecule has 9 nitrogen and oxygen atoms in total. The molecule has 10 heteroatoms. The van der Waals surface area contributed by atoms with Gasteiger partial charge < -0.3 is 15.5 Å². The van der Waals surface area contributed by atoms with Gasteiger partial charge >= 0.3 is 0 Å². The minimum Gasteiger partial charge on any atom is -0.342 e. The molecule has 2 N–H and O–H groups in total. The summed E-state index contributed by atoms with van der Waals surface area (Å²) < 4.78 is 1.47. The summed E-state index contributed by atoms with van der Waals surface area (Å²) in [4.78, 5) is 44.2. The first kappa shape index (κ1) is 23.5. The molecule has 1 atom stereocenters. The van der Waals surface area contributed by atoms with Crippen molar-refractivity contribution in [2.45, 2.75) is 30.7 Å². The van der Waals surface area contributed by atoms with Crippen molar-refractivity contribution in [1.82, 2.24) is 19.7 Å². The number of nitrogens with zero attached hydrogens (tertiary/aromatic N) is 4. The molecule has 34 heavy (non-hydrogen) atoms. The average molecular weight is 479 g/mol. The summed E-state index contributed by atoms with van der Waals surface area (Å²) in [5, 5.41) is 9.69. The van der Waals surface area contributed by atoms with E-state index >= 15 is 0 Å². The third-order valence-corrected chi connectivity index (χ3v) is 6.62. The minimum absolute atomic E-state index is 0.105. The lowest BCUT2D eigenvalue weighted by Gasteiger charge is -2.15. The van der Waals surface area contributed by atoms with E-state index in [1.807, 2.05) is 17.0 Å². The van der Waals surface area contributed by atoms with Crippen molar-refractivity contribution in [3.8, 4) is 0 Å². The summed E-state index contributed by atoms with van der Waals surface area (Å²) in [6, 6.07) is 13.6. The maximum Gasteiger partial charge on any atom is 0.256 e. The number of carbonyl (C=O) groups is 3. The zero-order valence-corrected chi connectivity index (χ0v) is 19.6. The number of aromatic nitrogens is 3. The lowest BCUT2D eigenvalue weighted by molar-refractivity contribution is -0.127. The third kappa shape index (κ3) is 5.82. The van der Waals surface area contributed by atoms with Gasteiger partial charge in [0.1, 0.15) is 18.7 Å². The van der Waals surface area contributed by atoms with Crippen LogP contribution in [-0.2, 0) is 9.59 Å². The quantitative estimate of drug-likeness (QED) is 0.480. The Balaban J connectivity index is 1.34. The van der Waals surface area contributed by atoms with E-state index in [9.17, 15) is 14.4 Å². The standard InChI is InChI=1S/C24H26N6O3S/c1-17(30-16-25-15-26-30)23(32)27-18-8-10-19(11-9-18)28-24(33)20-6-2-3-7-21(20)34-14-22(31)29-12-4-5-13-29/h2-3,6-11,15-17H,4-5,12-14H2,1H3,(H,27,32)(H,28,33). The topological polar surface area (TPSA) is 109 Å². The van der Waals surface area contributed by atoms with Gasteiger partial charge in [0.2, 0.25) is 11.8 Å². The lowest BCUT2D eigenvalue weighted by atomic mass is 10.2. The molecule has 1 fully saturated rings. The van der Waals surface area contributed by atoms with E-state index in [0.717, 1.165) is 30.8 Å². The number of likely N-dealkylation sites (tertiary alicyclic amines) is 1. The molecular weight excluding hydrogens is 452 g/mol. The van der Waals surface area contributed by atoms with Crippen LogP contribution in [0.5, 0.6) is 0 Å². The first-order valence-electron chi connectivity index (χ1n) is 11.1. The Hall–Kier alpha value is -3.66. The Morgan fingerprint density at radius 1 is 1.00 bits per heavy atom. The van der Waals surface area contributed by atoms with Gasteiger partial charge in [0.05, 0.1) is 11.3 Å². The van der Waals surface area contributed by atoms with Gasteiger partial charge in [-0.2, -0.15) is 5.10 Å². The van der Waals surface area contributed by atoms with Gasteiger partial charge in [0, 0.05) is 29.4 Å². The molecule has 2 heterocycles. The Morgan fingerprint density at radius 2 is 1.68 bits per heavy atom. The van der Waals surface area contributed by atoms with Crippen LogP contribution >= 0.6 is 11.8 Å². The number of carbonyl (C=O) groups excluding carboxylic acids is 3. The van der Waals surface area contributed by atoms with E-state index in [1.54, 1.807) is 43.3 Å². The van der Waals surface area contributed by atoms with E-state index in [4.69, 9.17) is 0 Å². The first-order chi connectivity index (χ1) is 16.5. The molecule has 0 bridgehead atoms. The smallest absolute Gasteiger partial charge is 0.256 e. The molecule has 1 aliphatic heterocycles. The average Bonchev–Trinajstić information content (AvgIpc) is 3.58. The summed E-state index contributed by atoms with van der Waals surface area (Å²) in [6.07, 6.45) is 4.97. The highest BCUT2D eigenvalue weighted by Gasteiger charge is 2.19. The molecule has 0 spiro atoms. The lowest BCUT2D eigenvalue weighted by Crippen LogP contribution is -2.29. The molecule has 2 aromatic carbocycles. The van der Waals surface area contributed by atoms with Gasteiger partial charge in [0.15, 0.2) is 0 Å². The molecule has 0 aliphatic carbocycles. The van der Waals surface area contributed by atoms with E-state index in [2.05, 4.69) is 20.7 Å². The number of rotatable bonds is 8. The molecule has 1 saturated heterocycles. The molecule has 0 radical (unpaired) electrons. The second kappa shape index (κ2) is 11.0. The number of nitrogens with one attached hydrogen (secondary N) is 2. The Bertz CT molecular complexity index is 1140. The van der Waals surface area contributed by atoms with E-state index in [1.165, 1.54) is 29.1 Å². The van der Waals surface area contributed by atoms with Crippen molar-refractivity contribution in [3.05, 3.63) is 66.7 Å². The molecule has 1 unspecified atom stereocenters. The normalized spacial score (nSPS) is 14.0. The highest BCUT2D eigenvalue weighted by Crippen LogP contribution is 2.25. The fourth-order valence-electron chi connectivity index (χ4n) is 3.60. The number of anilines is 2. The summed E-state index contributed by atoms with van der Waals surface area (Å²) >= 11 is 1.38. The van der Waals surface area contributed by atoms with Crippen molar-refractivity contribution in [2.24, 2.45) is 0 Å². The van der Waals surface area contributed by atoms with Gasteiger partial charge in [-0.3, -0.25) is 14.4 Å². The van der Waals surface area contributed by atoms with Gasteiger partial charge in [-0.25, -0.2) is 9.67 Å². The zero-order valence-electron chi connectivity index (χ0n) is 18.8. The largest absolute Gasteiger partial charge is 0.342 e. The number of hydrogen-bond acceptors (Lipinski definition) is 6. The van der Waals surface area contributed by atoms with E-state index < -0.39 is 6.04 Å². The second-order valence-electron chi connectivity index (χ2n) is 7.94. The molecule has 1 aromatic heterocycles. The fourth-order valence-corrected chi connectivity index (χ4v) is 4.55. The van der Waals surface area contributed by atoms with Crippen LogP contribution in [0.3, 0.4) is 0 Å². The third-order valence-electron chi connectivity index (χ3n) is 5.56. The van der Waals surface area contributed by atoms with E-state index in [-0.39, 0.29) is 17.7 Å². The predicted octanol–water partition coefficient (Wildman–Crippen LogP) is 3.44. The molecule has 0 saturated carbocycles. The number of hydrogen-bond donors (Lipinski definition) is 2. The van der Waals surface area contributed by atoms with Gasteiger partial charge in [-0.1, -0.05) is 12.1 Å². The monoisotopic (exact) mass is 478 g/mol. The van der Waals surface area contributed by atoms with Crippen molar-refractivity contribution in [2.75, 3.05) is 29.5 Å². The maximum absolute atomic E-state index is 12.9. The van der Waals surface area contributed by atoms with E-state index in [0.29, 0.717) is 22.7 Å². The summed E-state index contributed by atoms with van der Waals surface area (Å²) in [7, 11) is 0. The maximum atomic E-state index is 12.9. The fraction of sp³-hybridized carbons (Fsp3) is 0.292. The number of benzene rings is 2. The highest BCUT2D eigenvalue weighted by atomic mass is 32.2. The minimum atomic E-state index is -0.506. The molecule has 1 aliphatic rings. The molecular formula is C24H26N6O3S. The summed E-state index contributed by atoms with van der Waals surface area (Å²) in [5.41, 5.74) is 1.72. The number of thioether (sulfide) groups is 1. The highest BCUT2D eigenvalue weighted by molar-refractivity contribution is 8.00. The van der Waals surface area contributed by atoms with Crippen molar-refractivity contribution in [1.29, 1.82) is 0 Å². The molecule has 3 aromatic rings. The van der Waals surface area contributed by atoms with Crippen LogP contribution in [0.4, 0.5) is 11.4 Å². The Labute approximate surface area is 201 Å². The molecule has 176 valence electrons. The molecule has 3 amide bonds. The van der Waals surface area contributed by atoms with Crippen LogP contribution < -0.4 is 10.6 Å². The van der Waals surface area contributed by atoms with Crippen LogP contribution in [0.25, 0.3) is 0 Å². The van der Waals surface area contributed by atoms with Crippen LogP contribution in [0.15, 0.2) is 66.1 Å². The van der Waals surface area contributed by atoms with Gasteiger partial charge in [-0.05, 0) is 56.2 Å². The van der Waals surface area contributed by atoms with Crippen molar-refractivity contribution < 1.29 is 14.4 Å². The first-order valence-corrected chi connectivity index (χ1v) is 12.1. The van der Waals surface area contributed by atoms with Crippen LogP contribution in [0.1, 0.15) is 36.2 Å². The SMILES string of the molecule is CC(C(=O)Nc1ccc(NC(=O)c2ccccc2SCC(=O)N2CCCC2)cc1)n1cncn1. The predicted molar refractivity (Wildman–Crippen MR) is 131 cm³/mol. The number of amides is 3. The van der Waals surface area contributed by atoms with Gasteiger partial charge in [0.25, 0.3) is 5.91 Å². The Kier molecular flexibility index (Phi) is 7.58. The van der Waals surface area contributed by atoms with Crippen LogP contribution in [0, 0.1) is 0 Å². The van der Waals surface area contributed by atoms with Crippen LogP contribution in [0.2, 0.25) is 0 Å². The van der Waals surface area contributed by atoms with Crippen LogP contribution in [-0.4, -0.2) is 56.2 Å². The zero-order chi connectivity index (χ0) is 23.9.